The van der Waals surface area contributed by atoms with Gasteiger partial charge in [-0.25, -0.2) is 14.2 Å². The van der Waals surface area contributed by atoms with Gasteiger partial charge in [0.1, 0.15) is 11.9 Å². The van der Waals surface area contributed by atoms with E-state index in [1.54, 1.807) is 12.3 Å². The monoisotopic (exact) mass is 487 g/mol. The van der Waals surface area contributed by atoms with Crippen LogP contribution >= 0.6 is 43.2 Å². The molecule has 130 valence electrons. The standard InChI is InChI=1S/C16H12Br2FN3O2S/c1-24-16(23)12-11(7-17)21-14(15-20-4-5-25-15)22-13(12)9-3-2-8(19)6-10(9)18/h2-6,13H,7H2,1H3,(H,21,22)/t13-/m0/s1. The van der Waals surface area contributed by atoms with Gasteiger partial charge in [0.15, 0.2) is 10.8 Å². The Labute approximate surface area is 164 Å². The third-order valence-corrected chi connectivity index (χ3v) is 5.58. The molecule has 0 spiro atoms. The highest BCUT2D eigenvalue weighted by Gasteiger charge is 2.33. The van der Waals surface area contributed by atoms with E-state index in [2.05, 4.69) is 47.2 Å². The van der Waals surface area contributed by atoms with Crippen LogP contribution in [0.3, 0.4) is 0 Å². The van der Waals surface area contributed by atoms with Crippen LogP contribution in [-0.2, 0) is 9.53 Å². The predicted octanol–water partition coefficient (Wildman–Crippen LogP) is 3.96. The first-order valence-corrected chi connectivity index (χ1v) is 9.91. The van der Waals surface area contributed by atoms with Crippen LogP contribution in [0.4, 0.5) is 4.39 Å². The predicted molar refractivity (Wildman–Crippen MR) is 101 cm³/mol. The fraction of sp³-hybridized carbons (Fsp3) is 0.188. The van der Waals surface area contributed by atoms with E-state index < -0.39 is 12.0 Å². The fourth-order valence-corrected chi connectivity index (χ4v) is 4.05. The van der Waals surface area contributed by atoms with Gasteiger partial charge in [-0.15, -0.1) is 11.3 Å². The summed E-state index contributed by atoms with van der Waals surface area (Å²) in [4.78, 5) is 21.3. The molecule has 3 rings (SSSR count). The number of nitrogens with zero attached hydrogens (tertiary/aromatic N) is 2. The number of carbonyl (C=O) groups excluding carboxylic acids is 1. The third-order valence-electron chi connectivity index (χ3n) is 3.56. The van der Waals surface area contributed by atoms with Gasteiger partial charge in [0.25, 0.3) is 0 Å². The topological polar surface area (TPSA) is 63.6 Å². The number of methoxy groups -OCH3 is 1. The normalized spacial score (nSPS) is 17.1. The lowest BCUT2D eigenvalue weighted by molar-refractivity contribution is -0.136. The Morgan fingerprint density at radius 1 is 1.48 bits per heavy atom. The van der Waals surface area contributed by atoms with E-state index in [0.717, 1.165) is 0 Å². The molecule has 2 heterocycles. The molecule has 0 saturated heterocycles. The van der Waals surface area contributed by atoms with E-state index >= 15 is 0 Å². The zero-order chi connectivity index (χ0) is 18.0. The average Bonchev–Trinajstić information content (AvgIpc) is 3.14. The van der Waals surface area contributed by atoms with Crippen molar-refractivity contribution in [2.75, 3.05) is 12.4 Å². The van der Waals surface area contributed by atoms with Crippen LogP contribution in [0.15, 0.2) is 50.5 Å². The summed E-state index contributed by atoms with van der Waals surface area (Å²) in [6, 6.07) is 3.64. The molecule has 1 atom stereocenters. The summed E-state index contributed by atoms with van der Waals surface area (Å²) in [5.41, 5.74) is 1.66. The second-order valence-electron chi connectivity index (χ2n) is 5.03. The molecule has 0 amide bonds. The maximum Gasteiger partial charge on any atom is 0.338 e. The Morgan fingerprint density at radius 2 is 2.28 bits per heavy atom. The second-order valence-corrected chi connectivity index (χ2v) is 7.34. The molecule has 0 saturated carbocycles. The van der Waals surface area contributed by atoms with Gasteiger partial charge < -0.3 is 10.1 Å². The number of carbonyl (C=O) groups is 1. The highest BCUT2D eigenvalue weighted by molar-refractivity contribution is 9.10. The van der Waals surface area contributed by atoms with E-state index in [-0.39, 0.29) is 5.82 Å². The van der Waals surface area contributed by atoms with Gasteiger partial charge in [0.05, 0.1) is 12.7 Å². The van der Waals surface area contributed by atoms with Gasteiger partial charge in [-0.1, -0.05) is 37.9 Å². The summed E-state index contributed by atoms with van der Waals surface area (Å²) in [6.07, 6.45) is 1.68. The molecule has 1 aromatic heterocycles. The number of aromatic nitrogens is 1. The molecule has 1 N–H and O–H groups in total. The molecule has 0 fully saturated rings. The summed E-state index contributed by atoms with van der Waals surface area (Å²) >= 11 is 8.19. The van der Waals surface area contributed by atoms with Gasteiger partial charge >= 0.3 is 5.97 Å². The number of thiazole rings is 1. The number of ether oxygens (including phenoxy) is 1. The van der Waals surface area contributed by atoms with Crippen molar-refractivity contribution in [3.63, 3.8) is 0 Å². The molecule has 0 bridgehead atoms. The number of amidine groups is 1. The number of halogens is 3. The number of hydrogen-bond acceptors (Lipinski definition) is 6. The number of aliphatic imine (C=N–C) groups is 1. The average molecular weight is 489 g/mol. The quantitative estimate of drug-likeness (QED) is 0.522. The summed E-state index contributed by atoms with van der Waals surface area (Å²) in [5, 5.41) is 6.08. The van der Waals surface area contributed by atoms with Gasteiger partial charge in [-0.2, -0.15) is 0 Å². The van der Waals surface area contributed by atoms with Crippen LogP contribution < -0.4 is 5.32 Å². The van der Waals surface area contributed by atoms with E-state index in [1.807, 2.05) is 5.38 Å². The van der Waals surface area contributed by atoms with E-state index in [9.17, 15) is 9.18 Å². The molecule has 5 nitrogen and oxygen atoms in total. The van der Waals surface area contributed by atoms with Crippen LogP contribution in [0, 0.1) is 5.82 Å². The minimum atomic E-state index is -0.643. The summed E-state index contributed by atoms with van der Waals surface area (Å²) in [6.45, 7) is 0. The Morgan fingerprint density at radius 3 is 2.88 bits per heavy atom. The second kappa shape index (κ2) is 7.76. The van der Waals surface area contributed by atoms with E-state index in [4.69, 9.17) is 4.74 Å². The molecule has 1 aliphatic heterocycles. The van der Waals surface area contributed by atoms with E-state index in [1.165, 1.54) is 30.6 Å². The summed E-state index contributed by atoms with van der Waals surface area (Å²) in [7, 11) is 1.32. The smallest absolute Gasteiger partial charge is 0.338 e. The number of esters is 1. The van der Waals surface area contributed by atoms with Gasteiger partial charge in [0, 0.05) is 27.1 Å². The minimum Gasteiger partial charge on any atom is -0.466 e. The minimum absolute atomic E-state index is 0.368. The van der Waals surface area contributed by atoms with Gasteiger partial charge in [-0.3, -0.25) is 4.99 Å². The van der Waals surface area contributed by atoms with Crippen molar-refractivity contribution in [3.8, 4) is 0 Å². The lowest BCUT2D eigenvalue weighted by atomic mass is 9.96. The first kappa shape index (κ1) is 18.2. The first-order valence-electron chi connectivity index (χ1n) is 7.12. The number of hydrogen-bond donors (Lipinski definition) is 1. The van der Waals surface area contributed by atoms with Crippen LogP contribution in [-0.4, -0.2) is 29.2 Å². The molecule has 25 heavy (non-hydrogen) atoms. The van der Waals surface area contributed by atoms with Crippen molar-refractivity contribution in [1.29, 1.82) is 0 Å². The van der Waals surface area contributed by atoms with Crippen molar-refractivity contribution in [1.82, 2.24) is 10.3 Å². The lowest BCUT2D eigenvalue weighted by Gasteiger charge is -2.26. The Balaban J connectivity index is 2.17. The highest BCUT2D eigenvalue weighted by atomic mass is 79.9. The Hall–Kier alpha value is -1.58. The maximum absolute atomic E-state index is 13.5. The van der Waals surface area contributed by atoms with Crippen LogP contribution in [0.2, 0.25) is 0 Å². The van der Waals surface area contributed by atoms with Crippen molar-refractivity contribution in [3.05, 3.63) is 61.9 Å². The van der Waals surface area contributed by atoms with Crippen LogP contribution in [0.25, 0.3) is 0 Å². The largest absolute Gasteiger partial charge is 0.466 e. The first-order chi connectivity index (χ1) is 12.0. The molecule has 9 heteroatoms. The van der Waals surface area contributed by atoms with Gasteiger partial charge in [0.2, 0.25) is 0 Å². The molecule has 1 aliphatic rings. The molecule has 1 aromatic carbocycles. The van der Waals surface area contributed by atoms with E-state index in [0.29, 0.717) is 37.5 Å². The Bertz CT molecular complexity index is 868. The highest BCUT2D eigenvalue weighted by Crippen LogP contribution is 2.36. The van der Waals surface area contributed by atoms with Crippen molar-refractivity contribution in [2.45, 2.75) is 6.04 Å². The zero-order valence-electron chi connectivity index (χ0n) is 12.9. The fourth-order valence-electron chi connectivity index (χ4n) is 2.45. The molecular weight excluding hydrogens is 477 g/mol. The number of allylic oxidation sites excluding steroid dienone is 1. The number of alkyl halides is 1. The summed E-state index contributed by atoms with van der Waals surface area (Å²) < 4.78 is 18.9. The van der Waals surface area contributed by atoms with Crippen LogP contribution in [0.1, 0.15) is 16.6 Å². The van der Waals surface area contributed by atoms with Gasteiger partial charge in [-0.05, 0) is 17.7 Å². The maximum atomic E-state index is 13.5. The van der Waals surface area contributed by atoms with Crippen molar-refractivity contribution < 1.29 is 13.9 Å². The summed E-state index contributed by atoms with van der Waals surface area (Å²) in [5.74, 6) is -0.318. The van der Waals surface area contributed by atoms with Crippen molar-refractivity contribution in [2.24, 2.45) is 4.99 Å². The molecule has 0 aliphatic carbocycles. The van der Waals surface area contributed by atoms with Crippen molar-refractivity contribution >= 4 is 55.0 Å². The lowest BCUT2D eigenvalue weighted by Crippen LogP contribution is -2.34. The third kappa shape index (κ3) is 3.68. The number of nitrogens with one attached hydrogen (secondary N) is 1. The molecule has 0 unspecified atom stereocenters. The number of rotatable bonds is 4. The molecule has 0 radical (unpaired) electrons. The molecular formula is C16H12Br2FN3O2S. The molecule has 2 aromatic rings. The zero-order valence-corrected chi connectivity index (χ0v) is 16.9. The van der Waals surface area contributed by atoms with Crippen LogP contribution in [0.5, 0.6) is 0 Å². The Kier molecular flexibility index (Phi) is 5.65. The number of benzene rings is 1. The SMILES string of the molecule is COC(=O)C1=C(CBr)NC(c2nccs2)=N[C@H]1c1ccc(F)cc1Br.